The molecule has 5 nitrogen and oxygen atoms in total. The van der Waals surface area contributed by atoms with Crippen LogP contribution in [-0.4, -0.2) is 40.8 Å². The molecule has 0 atom stereocenters. The van der Waals surface area contributed by atoms with Crippen LogP contribution in [0.3, 0.4) is 0 Å². The van der Waals surface area contributed by atoms with Gasteiger partial charge >= 0.3 is 0 Å². The molecule has 0 unspecified atom stereocenters. The molecule has 3 rings (SSSR count). The predicted molar refractivity (Wildman–Crippen MR) is 76.5 cm³/mol. The standard InChI is InChI=1S/C14H21N5/c1-2-15-11-12-4-8-18(9-5-12)14-13-3-6-17-19(13)10-7-16-14/h3,6-7,10,12,15H,2,4-5,8-9,11H2,1H3. The average Bonchev–Trinajstić information content (AvgIpc) is 2.94. The van der Waals surface area contributed by atoms with Crippen LogP contribution >= 0.6 is 0 Å². The second-order valence-electron chi connectivity index (χ2n) is 5.15. The highest BCUT2D eigenvalue weighted by Gasteiger charge is 2.21. The molecule has 19 heavy (non-hydrogen) atoms. The third-order valence-electron chi connectivity index (χ3n) is 3.90. The van der Waals surface area contributed by atoms with E-state index in [2.05, 4.69) is 27.2 Å². The van der Waals surface area contributed by atoms with E-state index < -0.39 is 0 Å². The Morgan fingerprint density at radius 3 is 2.95 bits per heavy atom. The summed E-state index contributed by atoms with van der Waals surface area (Å²) in [6, 6.07) is 2.03. The van der Waals surface area contributed by atoms with Crippen LogP contribution < -0.4 is 10.2 Å². The van der Waals surface area contributed by atoms with Gasteiger partial charge in [-0.05, 0) is 37.9 Å². The van der Waals surface area contributed by atoms with Crippen molar-refractivity contribution in [2.24, 2.45) is 5.92 Å². The van der Waals surface area contributed by atoms with E-state index in [0.29, 0.717) is 0 Å². The van der Waals surface area contributed by atoms with Crippen LogP contribution in [0.1, 0.15) is 19.8 Å². The molecule has 5 heteroatoms. The van der Waals surface area contributed by atoms with Gasteiger partial charge in [-0.15, -0.1) is 0 Å². The van der Waals surface area contributed by atoms with Crippen molar-refractivity contribution >= 4 is 11.3 Å². The summed E-state index contributed by atoms with van der Waals surface area (Å²) >= 11 is 0. The van der Waals surface area contributed by atoms with Crippen LogP contribution in [0.15, 0.2) is 24.7 Å². The number of fused-ring (bicyclic) bond motifs is 1. The van der Waals surface area contributed by atoms with E-state index in [4.69, 9.17) is 0 Å². The molecule has 3 heterocycles. The molecule has 102 valence electrons. The van der Waals surface area contributed by atoms with Crippen LogP contribution in [0.4, 0.5) is 5.82 Å². The highest BCUT2D eigenvalue weighted by Crippen LogP contribution is 2.24. The first-order valence-electron chi connectivity index (χ1n) is 7.12. The lowest BCUT2D eigenvalue weighted by Gasteiger charge is -2.33. The van der Waals surface area contributed by atoms with E-state index in [-0.39, 0.29) is 0 Å². The van der Waals surface area contributed by atoms with E-state index in [9.17, 15) is 0 Å². The molecule has 2 aromatic rings. The molecule has 0 spiro atoms. The van der Waals surface area contributed by atoms with Gasteiger partial charge in [0.2, 0.25) is 0 Å². The Balaban J connectivity index is 1.69. The largest absolute Gasteiger partial charge is 0.355 e. The van der Waals surface area contributed by atoms with Gasteiger partial charge in [-0.1, -0.05) is 6.92 Å². The monoisotopic (exact) mass is 259 g/mol. The van der Waals surface area contributed by atoms with Gasteiger partial charge in [-0.3, -0.25) is 0 Å². The lowest BCUT2D eigenvalue weighted by Crippen LogP contribution is -2.37. The first-order valence-corrected chi connectivity index (χ1v) is 7.12. The minimum atomic E-state index is 0.806. The Hall–Kier alpha value is -1.62. The third kappa shape index (κ3) is 2.56. The molecule has 0 aliphatic carbocycles. The van der Waals surface area contributed by atoms with E-state index in [1.165, 1.54) is 12.8 Å². The third-order valence-corrected chi connectivity index (χ3v) is 3.90. The normalized spacial score (nSPS) is 17.2. The van der Waals surface area contributed by atoms with Crippen molar-refractivity contribution in [2.45, 2.75) is 19.8 Å². The summed E-state index contributed by atoms with van der Waals surface area (Å²) in [4.78, 5) is 6.93. The number of nitrogens with one attached hydrogen (secondary N) is 1. The predicted octanol–water partition coefficient (Wildman–Crippen LogP) is 1.56. The smallest absolute Gasteiger partial charge is 0.154 e. The van der Waals surface area contributed by atoms with Crippen LogP contribution in [0, 0.1) is 5.92 Å². The Labute approximate surface area is 113 Å². The quantitative estimate of drug-likeness (QED) is 0.905. The van der Waals surface area contributed by atoms with Gasteiger partial charge in [0.1, 0.15) is 5.52 Å². The zero-order valence-electron chi connectivity index (χ0n) is 11.4. The SMILES string of the molecule is CCNCC1CCN(c2nccn3nccc23)CC1. The lowest BCUT2D eigenvalue weighted by atomic mass is 9.97. The van der Waals surface area contributed by atoms with Gasteiger partial charge in [0.05, 0.1) is 6.20 Å². The van der Waals surface area contributed by atoms with Crippen molar-refractivity contribution in [1.82, 2.24) is 19.9 Å². The Bertz CT molecular complexity index is 527. The maximum absolute atomic E-state index is 4.54. The van der Waals surface area contributed by atoms with Crippen LogP contribution in [0.5, 0.6) is 0 Å². The molecule has 2 aromatic heterocycles. The fraction of sp³-hybridized carbons (Fsp3) is 0.571. The fourth-order valence-electron chi connectivity index (χ4n) is 2.78. The second kappa shape index (κ2) is 5.57. The summed E-state index contributed by atoms with van der Waals surface area (Å²) < 4.78 is 1.90. The molecule has 1 fully saturated rings. The van der Waals surface area contributed by atoms with Crippen LogP contribution in [0.25, 0.3) is 5.52 Å². The molecule has 1 aliphatic heterocycles. The first kappa shape index (κ1) is 12.4. The number of aromatic nitrogens is 3. The molecule has 1 N–H and O–H groups in total. The zero-order chi connectivity index (χ0) is 13.1. The minimum absolute atomic E-state index is 0.806. The van der Waals surface area contributed by atoms with Gasteiger partial charge in [0.25, 0.3) is 0 Å². The van der Waals surface area contributed by atoms with E-state index in [1.807, 2.05) is 29.2 Å². The number of rotatable bonds is 4. The van der Waals surface area contributed by atoms with Crippen molar-refractivity contribution in [2.75, 3.05) is 31.1 Å². The van der Waals surface area contributed by atoms with Gasteiger partial charge < -0.3 is 10.2 Å². The molecule has 1 saturated heterocycles. The fourth-order valence-corrected chi connectivity index (χ4v) is 2.78. The summed E-state index contributed by atoms with van der Waals surface area (Å²) in [6.07, 6.45) is 8.04. The highest BCUT2D eigenvalue weighted by molar-refractivity contribution is 5.68. The summed E-state index contributed by atoms with van der Waals surface area (Å²) in [7, 11) is 0. The first-order chi connectivity index (χ1) is 9.38. The van der Waals surface area contributed by atoms with E-state index in [0.717, 1.165) is 43.4 Å². The Kier molecular flexibility index (Phi) is 3.64. The van der Waals surface area contributed by atoms with E-state index >= 15 is 0 Å². The Morgan fingerprint density at radius 1 is 1.32 bits per heavy atom. The van der Waals surface area contributed by atoms with Crippen LogP contribution in [0.2, 0.25) is 0 Å². The maximum Gasteiger partial charge on any atom is 0.154 e. The molecular weight excluding hydrogens is 238 g/mol. The van der Waals surface area contributed by atoms with Crippen molar-refractivity contribution in [3.05, 3.63) is 24.7 Å². The van der Waals surface area contributed by atoms with Gasteiger partial charge in [-0.25, -0.2) is 9.50 Å². The van der Waals surface area contributed by atoms with Crippen LogP contribution in [-0.2, 0) is 0 Å². The molecule has 0 bridgehead atoms. The van der Waals surface area contributed by atoms with Crippen molar-refractivity contribution < 1.29 is 0 Å². The number of hydrogen-bond acceptors (Lipinski definition) is 4. The van der Waals surface area contributed by atoms with Gasteiger partial charge in [0.15, 0.2) is 5.82 Å². The molecule has 1 aliphatic rings. The number of piperidine rings is 1. The molecule has 0 amide bonds. The van der Waals surface area contributed by atoms with Crippen molar-refractivity contribution in [3.8, 4) is 0 Å². The lowest BCUT2D eigenvalue weighted by molar-refractivity contribution is 0.385. The number of anilines is 1. The Morgan fingerprint density at radius 2 is 2.16 bits per heavy atom. The number of hydrogen-bond donors (Lipinski definition) is 1. The highest BCUT2D eigenvalue weighted by atomic mass is 15.3. The molecule has 0 saturated carbocycles. The number of nitrogens with zero attached hydrogens (tertiary/aromatic N) is 4. The summed E-state index contributed by atoms with van der Waals surface area (Å²) in [6.45, 7) is 6.56. The minimum Gasteiger partial charge on any atom is -0.355 e. The van der Waals surface area contributed by atoms with E-state index in [1.54, 1.807) is 0 Å². The molecule has 0 aromatic carbocycles. The summed E-state index contributed by atoms with van der Waals surface area (Å²) in [5, 5.41) is 7.72. The zero-order valence-corrected chi connectivity index (χ0v) is 11.4. The molecule has 0 radical (unpaired) electrons. The van der Waals surface area contributed by atoms with Crippen molar-refractivity contribution in [1.29, 1.82) is 0 Å². The topological polar surface area (TPSA) is 45.5 Å². The summed E-state index contributed by atoms with van der Waals surface area (Å²) in [5.41, 5.74) is 1.10. The average molecular weight is 259 g/mol. The maximum atomic E-state index is 4.54. The van der Waals surface area contributed by atoms with Crippen molar-refractivity contribution in [3.63, 3.8) is 0 Å². The molecular formula is C14H21N5. The van der Waals surface area contributed by atoms with Gasteiger partial charge in [0, 0.05) is 25.5 Å². The summed E-state index contributed by atoms with van der Waals surface area (Å²) in [5.74, 6) is 1.88. The van der Waals surface area contributed by atoms with Gasteiger partial charge in [-0.2, -0.15) is 5.10 Å². The second-order valence-corrected chi connectivity index (χ2v) is 5.15.